The molecule has 0 fully saturated rings. The van der Waals surface area contributed by atoms with Gasteiger partial charge in [0, 0.05) is 11.6 Å². The third kappa shape index (κ3) is 2.74. The Bertz CT molecular complexity index is 825. The monoisotopic (exact) mass is 318 g/mol. The highest BCUT2D eigenvalue weighted by Gasteiger charge is 2.21. The Labute approximate surface area is 131 Å². The van der Waals surface area contributed by atoms with Gasteiger partial charge >= 0.3 is 5.97 Å². The predicted octanol–water partition coefficient (Wildman–Crippen LogP) is 4.27. The van der Waals surface area contributed by atoms with Crippen LogP contribution in [0.1, 0.15) is 33.5 Å². The molecule has 1 aliphatic carbocycles. The van der Waals surface area contributed by atoms with E-state index in [2.05, 4.69) is 4.74 Å². The topological polar surface area (TPSA) is 26.3 Å². The van der Waals surface area contributed by atoms with Crippen molar-refractivity contribution in [3.63, 3.8) is 0 Å². The van der Waals surface area contributed by atoms with Gasteiger partial charge in [0.05, 0.1) is 12.7 Å². The van der Waals surface area contributed by atoms with Crippen LogP contribution in [0.3, 0.4) is 0 Å². The second kappa shape index (κ2) is 5.91. The van der Waals surface area contributed by atoms with Crippen LogP contribution in [0.5, 0.6) is 0 Å². The fourth-order valence-corrected chi connectivity index (χ4v) is 2.76. The first-order valence-electron chi connectivity index (χ1n) is 7.08. The number of aryl methyl sites for hydroxylation is 1. The van der Waals surface area contributed by atoms with Gasteiger partial charge in [-0.3, -0.25) is 0 Å². The highest BCUT2D eigenvalue weighted by molar-refractivity contribution is 5.92. The molecule has 1 aliphatic rings. The normalized spacial score (nSPS) is 13.3. The number of esters is 1. The second-order valence-electron chi connectivity index (χ2n) is 5.27. The number of halogens is 3. The van der Waals surface area contributed by atoms with Gasteiger partial charge in [0.2, 0.25) is 0 Å². The van der Waals surface area contributed by atoms with Crippen molar-refractivity contribution in [2.75, 3.05) is 7.11 Å². The fraction of sp³-hybridized carbons (Fsp3) is 0.167. The SMILES string of the molecule is COC(=O)c1ccc2c(c1)C(c1cc(F)c(F)cc1F)=CCC2. The number of hydrogen-bond acceptors (Lipinski definition) is 2. The summed E-state index contributed by atoms with van der Waals surface area (Å²) in [5.41, 5.74) is 2.30. The number of rotatable bonds is 2. The minimum atomic E-state index is -1.23. The molecule has 23 heavy (non-hydrogen) atoms. The van der Waals surface area contributed by atoms with E-state index in [1.165, 1.54) is 7.11 Å². The van der Waals surface area contributed by atoms with Crippen molar-refractivity contribution >= 4 is 11.5 Å². The summed E-state index contributed by atoms with van der Waals surface area (Å²) >= 11 is 0. The van der Waals surface area contributed by atoms with Crippen molar-refractivity contribution in [3.8, 4) is 0 Å². The molecular weight excluding hydrogens is 305 g/mol. The van der Waals surface area contributed by atoms with Crippen LogP contribution in [0, 0.1) is 17.5 Å². The van der Waals surface area contributed by atoms with Gasteiger partial charge in [-0.25, -0.2) is 18.0 Å². The summed E-state index contributed by atoms with van der Waals surface area (Å²) in [4.78, 5) is 11.7. The maximum atomic E-state index is 14.1. The number of allylic oxidation sites excluding steroid dienone is 1. The fourth-order valence-electron chi connectivity index (χ4n) is 2.76. The van der Waals surface area contributed by atoms with E-state index in [1.807, 2.05) is 0 Å². The molecular formula is C18H13F3O2. The Kier molecular flexibility index (Phi) is 3.94. The molecule has 2 aromatic carbocycles. The minimum Gasteiger partial charge on any atom is -0.465 e. The largest absolute Gasteiger partial charge is 0.465 e. The van der Waals surface area contributed by atoms with Crippen molar-refractivity contribution in [2.24, 2.45) is 0 Å². The standard InChI is InChI=1S/C18H13F3O2/c1-23-18(22)11-6-5-10-3-2-4-12(13(10)7-11)14-8-16(20)17(21)9-15(14)19/h4-9H,2-3H2,1H3. The smallest absolute Gasteiger partial charge is 0.337 e. The quantitative estimate of drug-likeness (QED) is 0.610. The molecule has 0 aromatic heterocycles. The first-order chi connectivity index (χ1) is 11.0. The number of hydrogen-bond donors (Lipinski definition) is 0. The molecule has 0 unspecified atom stereocenters. The van der Waals surface area contributed by atoms with E-state index in [4.69, 9.17) is 0 Å². The molecule has 0 heterocycles. The van der Waals surface area contributed by atoms with Crippen molar-refractivity contribution in [1.29, 1.82) is 0 Å². The summed E-state index contributed by atoms with van der Waals surface area (Å²) in [6, 6.07) is 6.37. The minimum absolute atomic E-state index is 0.0214. The highest BCUT2D eigenvalue weighted by Crippen LogP contribution is 2.34. The maximum Gasteiger partial charge on any atom is 0.337 e. The maximum absolute atomic E-state index is 14.1. The number of benzene rings is 2. The van der Waals surface area contributed by atoms with E-state index in [-0.39, 0.29) is 5.56 Å². The van der Waals surface area contributed by atoms with Gasteiger partial charge in [0.15, 0.2) is 11.6 Å². The average molecular weight is 318 g/mol. The first-order valence-corrected chi connectivity index (χ1v) is 7.08. The van der Waals surface area contributed by atoms with E-state index in [0.29, 0.717) is 29.2 Å². The third-order valence-corrected chi connectivity index (χ3v) is 3.88. The van der Waals surface area contributed by atoms with E-state index in [0.717, 1.165) is 18.1 Å². The van der Waals surface area contributed by atoms with E-state index < -0.39 is 23.4 Å². The molecule has 5 heteroatoms. The van der Waals surface area contributed by atoms with Crippen molar-refractivity contribution in [1.82, 2.24) is 0 Å². The van der Waals surface area contributed by atoms with Gasteiger partial charge in [-0.1, -0.05) is 12.1 Å². The summed E-state index contributed by atoms with van der Waals surface area (Å²) in [7, 11) is 1.27. The van der Waals surface area contributed by atoms with Crippen LogP contribution in [-0.4, -0.2) is 13.1 Å². The molecule has 0 radical (unpaired) electrons. The molecule has 0 aliphatic heterocycles. The second-order valence-corrected chi connectivity index (χ2v) is 5.27. The third-order valence-electron chi connectivity index (χ3n) is 3.88. The van der Waals surface area contributed by atoms with Gasteiger partial charge in [-0.05, 0) is 47.7 Å². The lowest BCUT2D eigenvalue weighted by atomic mass is 9.85. The number of fused-ring (bicyclic) bond motifs is 1. The van der Waals surface area contributed by atoms with Gasteiger partial charge in [-0.15, -0.1) is 0 Å². The summed E-state index contributed by atoms with van der Waals surface area (Å²) < 4.78 is 45.4. The molecule has 3 rings (SSSR count). The Morgan fingerprint density at radius 2 is 1.74 bits per heavy atom. The molecule has 0 N–H and O–H groups in total. The number of carbonyl (C=O) groups is 1. The number of ether oxygens (including phenoxy) is 1. The van der Waals surface area contributed by atoms with Gasteiger partial charge < -0.3 is 4.74 Å². The van der Waals surface area contributed by atoms with Crippen LogP contribution in [0.4, 0.5) is 13.2 Å². The molecule has 2 aromatic rings. The summed E-state index contributed by atoms with van der Waals surface area (Å²) in [5.74, 6) is -3.69. The van der Waals surface area contributed by atoms with Gasteiger partial charge in [0.1, 0.15) is 5.82 Å². The summed E-state index contributed by atoms with van der Waals surface area (Å²) in [5, 5.41) is 0. The Morgan fingerprint density at radius 1 is 1.00 bits per heavy atom. The van der Waals surface area contributed by atoms with Crippen LogP contribution in [0.15, 0.2) is 36.4 Å². The Balaban J connectivity index is 2.15. The molecule has 0 saturated heterocycles. The average Bonchev–Trinajstić information content (AvgIpc) is 2.56. The Morgan fingerprint density at radius 3 is 2.48 bits per heavy atom. The lowest BCUT2D eigenvalue weighted by molar-refractivity contribution is 0.0600. The lowest BCUT2D eigenvalue weighted by Gasteiger charge is -2.19. The summed E-state index contributed by atoms with van der Waals surface area (Å²) in [6.07, 6.45) is 3.14. The number of carbonyl (C=O) groups excluding carboxylic acids is 1. The van der Waals surface area contributed by atoms with E-state index in [1.54, 1.807) is 24.3 Å². The van der Waals surface area contributed by atoms with Gasteiger partial charge in [0.25, 0.3) is 0 Å². The highest BCUT2D eigenvalue weighted by atomic mass is 19.2. The molecule has 118 valence electrons. The van der Waals surface area contributed by atoms with E-state index in [9.17, 15) is 18.0 Å². The zero-order valence-corrected chi connectivity index (χ0v) is 12.3. The summed E-state index contributed by atoms with van der Waals surface area (Å²) in [6.45, 7) is 0. The van der Waals surface area contributed by atoms with Crippen LogP contribution >= 0.6 is 0 Å². The Hall–Kier alpha value is -2.56. The van der Waals surface area contributed by atoms with Crippen LogP contribution in [0.25, 0.3) is 5.57 Å². The first kappa shape index (κ1) is 15.3. The molecule has 0 saturated carbocycles. The van der Waals surface area contributed by atoms with Gasteiger partial charge in [-0.2, -0.15) is 0 Å². The van der Waals surface area contributed by atoms with Crippen LogP contribution in [0.2, 0.25) is 0 Å². The predicted molar refractivity (Wildman–Crippen MR) is 79.5 cm³/mol. The molecule has 0 atom stereocenters. The zero-order valence-electron chi connectivity index (χ0n) is 12.3. The van der Waals surface area contributed by atoms with Crippen molar-refractivity contribution < 1.29 is 22.7 Å². The lowest BCUT2D eigenvalue weighted by Crippen LogP contribution is -2.07. The van der Waals surface area contributed by atoms with E-state index >= 15 is 0 Å². The van der Waals surface area contributed by atoms with Crippen LogP contribution in [-0.2, 0) is 11.2 Å². The number of methoxy groups -OCH3 is 1. The van der Waals surface area contributed by atoms with Crippen LogP contribution < -0.4 is 0 Å². The molecule has 0 amide bonds. The van der Waals surface area contributed by atoms with Crippen molar-refractivity contribution in [2.45, 2.75) is 12.8 Å². The van der Waals surface area contributed by atoms with Crippen molar-refractivity contribution in [3.05, 3.63) is 76.1 Å². The molecule has 2 nitrogen and oxygen atoms in total. The molecule has 0 spiro atoms. The molecule has 0 bridgehead atoms. The zero-order chi connectivity index (χ0) is 16.6.